The van der Waals surface area contributed by atoms with Crippen molar-refractivity contribution < 1.29 is 27.9 Å². The number of nitrogens with zero attached hydrogens (tertiary/aromatic N) is 1. The molecule has 2 heterocycles. The molecule has 8 heteroatoms. The van der Waals surface area contributed by atoms with Crippen molar-refractivity contribution in [2.75, 3.05) is 0 Å². The van der Waals surface area contributed by atoms with Gasteiger partial charge in [-0.2, -0.15) is 0 Å². The highest BCUT2D eigenvalue weighted by atomic mass is 31.2. The van der Waals surface area contributed by atoms with Crippen molar-refractivity contribution in [3.63, 3.8) is 0 Å². The molecule has 0 aromatic heterocycles. The molecule has 3 atom stereocenters. The van der Waals surface area contributed by atoms with Crippen LogP contribution in [0.1, 0.15) is 37.3 Å². The first kappa shape index (κ1) is 15.6. The average molecular weight is 331 g/mol. The molecule has 5 nitrogen and oxygen atoms in total. The minimum absolute atomic E-state index is 0.119. The lowest BCUT2D eigenvalue weighted by atomic mass is 10.0. The van der Waals surface area contributed by atoms with Crippen molar-refractivity contribution in [2.45, 2.75) is 43.4 Å². The Hall–Kier alpha value is -1.30. The second-order valence-corrected chi connectivity index (χ2v) is 7.68. The van der Waals surface area contributed by atoms with E-state index in [1.807, 2.05) is 0 Å². The highest BCUT2D eigenvalue weighted by Crippen LogP contribution is 2.51. The summed E-state index contributed by atoms with van der Waals surface area (Å²) in [6, 6.07) is 2.45. The van der Waals surface area contributed by atoms with Crippen molar-refractivity contribution in [1.29, 1.82) is 0 Å². The number of hydrogen-bond acceptors (Lipinski definition) is 2. The Bertz CT molecular complexity index is 642. The van der Waals surface area contributed by atoms with Gasteiger partial charge in [-0.3, -0.25) is 9.36 Å². The normalized spacial score (nSPS) is 28.8. The summed E-state index contributed by atoms with van der Waals surface area (Å²) >= 11 is 0. The van der Waals surface area contributed by atoms with Gasteiger partial charge in [-0.25, -0.2) is 8.78 Å². The molecule has 1 aromatic carbocycles. The Morgan fingerprint density at radius 1 is 1.05 bits per heavy atom. The number of carbonyl (C=O) groups is 1. The third kappa shape index (κ3) is 2.69. The maximum atomic E-state index is 13.4. The van der Waals surface area contributed by atoms with Gasteiger partial charge < -0.3 is 14.7 Å². The van der Waals surface area contributed by atoms with Crippen molar-refractivity contribution in [3.05, 3.63) is 35.4 Å². The number of carbonyl (C=O) groups excluding carboxylic acids is 1. The van der Waals surface area contributed by atoms with E-state index in [0.717, 1.165) is 6.07 Å². The minimum atomic E-state index is -4.52. The Labute approximate surface area is 126 Å². The van der Waals surface area contributed by atoms with Crippen molar-refractivity contribution in [3.8, 4) is 0 Å². The van der Waals surface area contributed by atoms with Gasteiger partial charge in [0.25, 0.3) is 0 Å². The molecule has 2 fully saturated rings. The molecule has 0 aliphatic carbocycles. The van der Waals surface area contributed by atoms with E-state index in [-0.39, 0.29) is 12.5 Å². The molecule has 0 saturated carbocycles. The van der Waals surface area contributed by atoms with E-state index in [1.165, 1.54) is 17.0 Å². The van der Waals surface area contributed by atoms with Crippen LogP contribution in [-0.4, -0.2) is 32.3 Å². The molecule has 1 unspecified atom stereocenters. The molecule has 2 aliphatic heterocycles. The Kier molecular flexibility index (Phi) is 3.83. The van der Waals surface area contributed by atoms with Crippen molar-refractivity contribution in [1.82, 2.24) is 4.90 Å². The molecule has 2 aliphatic rings. The molecule has 2 N–H and O–H groups in total. The van der Waals surface area contributed by atoms with E-state index >= 15 is 0 Å². The molecule has 0 radical (unpaired) electrons. The topological polar surface area (TPSA) is 77.8 Å². The molecule has 3 rings (SSSR count). The lowest BCUT2D eigenvalue weighted by Gasteiger charge is -2.38. The van der Waals surface area contributed by atoms with Crippen LogP contribution in [0.5, 0.6) is 0 Å². The fourth-order valence-corrected chi connectivity index (χ4v) is 4.46. The van der Waals surface area contributed by atoms with Crippen LogP contribution < -0.4 is 0 Å². The fourth-order valence-electron chi connectivity index (χ4n) is 3.55. The molecule has 120 valence electrons. The van der Waals surface area contributed by atoms with Crippen LogP contribution in [0, 0.1) is 11.6 Å². The van der Waals surface area contributed by atoms with Gasteiger partial charge in [0, 0.05) is 12.1 Å². The average Bonchev–Trinajstić information content (AvgIpc) is 2.81. The van der Waals surface area contributed by atoms with E-state index < -0.39 is 36.8 Å². The number of halogens is 2. The summed E-state index contributed by atoms with van der Waals surface area (Å²) in [7, 11) is -4.52. The lowest BCUT2D eigenvalue weighted by Crippen LogP contribution is -2.47. The SMILES string of the molecule is O=C1C(P(=O)(O)O)CC[C@@H]2CC[C@@H](c3cc(F)cc(F)c3)N12. The zero-order valence-electron chi connectivity index (χ0n) is 11.7. The van der Waals surface area contributed by atoms with Gasteiger partial charge in [-0.1, -0.05) is 0 Å². The van der Waals surface area contributed by atoms with E-state index in [1.54, 1.807) is 0 Å². The summed E-state index contributed by atoms with van der Waals surface area (Å²) in [4.78, 5) is 32.5. The van der Waals surface area contributed by atoms with E-state index in [2.05, 4.69) is 0 Å². The van der Waals surface area contributed by atoms with Crippen LogP contribution in [-0.2, 0) is 9.36 Å². The van der Waals surface area contributed by atoms with Gasteiger partial charge in [0.05, 0.1) is 6.04 Å². The molecule has 22 heavy (non-hydrogen) atoms. The number of piperidine rings is 1. The minimum Gasteiger partial charge on any atom is -0.332 e. The largest absolute Gasteiger partial charge is 0.337 e. The van der Waals surface area contributed by atoms with Gasteiger partial charge in [-0.05, 0) is 43.4 Å². The summed E-state index contributed by atoms with van der Waals surface area (Å²) in [6.07, 6.45) is 1.85. The van der Waals surface area contributed by atoms with Crippen LogP contribution in [0.4, 0.5) is 8.78 Å². The molecule has 0 bridgehead atoms. The number of amides is 1. The molecule has 1 aromatic rings. The van der Waals surface area contributed by atoms with Crippen LogP contribution >= 0.6 is 7.60 Å². The van der Waals surface area contributed by atoms with E-state index in [9.17, 15) is 27.9 Å². The zero-order chi connectivity index (χ0) is 16.1. The summed E-state index contributed by atoms with van der Waals surface area (Å²) in [5.41, 5.74) is -1.01. The monoisotopic (exact) mass is 331 g/mol. The van der Waals surface area contributed by atoms with Crippen LogP contribution in [0.3, 0.4) is 0 Å². The van der Waals surface area contributed by atoms with Crippen molar-refractivity contribution in [2.24, 2.45) is 0 Å². The fraction of sp³-hybridized carbons (Fsp3) is 0.500. The van der Waals surface area contributed by atoms with Gasteiger partial charge in [0.2, 0.25) is 5.91 Å². The van der Waals surface area contributed by atoms with Crippen LogP contribution in [0.25, 0.3) is 0 Å². The zero-order valence-corrected chi connectivity index (χ0v) is 12.5. The van der Waals surface area contributed by atoms with Gasteiger partial charge in [0.15, 0.2) is 0 Å². The summed E-state index contributed by atoms with van der Waals surface area (Å²) in [5, 5.41) is 0. The second kappa shape index (κ2) is 5.41. The second-order valence-electron chi connectivity index (χ2n) is 5.88. The third-order valence-electron chi connectivity index (χ3n) is 4.49. The van der Waals surface area contributed by atoms with Gasteiger partial charge in [0.1, 0.15) is 17.3 Å². The standard InChI is InChI=1S/C14H16F2NO4P/c15-9-5-8(6-10(16)7-9)12-3-1-11-2-4-13(22(19,20)21)14(18)17(11)12/h5-7,11-13H,1-4H2,(H2,19,20,21)/t11-,12-,13?/m0/s1. The van der Waals surface area contributed by atoms with E-state index in [4.69, 9.17) is 0 Å². The summed E-state index contributed by atoms with van der Waals surface area (Å²) < 4.78 is 38.3. The number of hydrogen-bond donors (Lipinski definition) is 2. The third-order valence-corrected chi connectivity index (χ3v) is 5.78. The van der Waals surface area contributed by atoms with Gasteiger partial charge in [-0.15, -0.1) is 0 Å². The predicted octanol–water partition coefficient (Wildman–Crippen LogP) is 2.34. The maximum absolute atomic E-state index is 13.4. The molecule has 1 amide bonds. The first-order valence-corrected chi connectivity index (χ1v) is 8.79. The quantitative estimate of drug-likeness (QED) is 0.816. The Morgan fingerprint density at radius 2 is 1.64 bits per heavy atom. The van der Waals surface area contributed by atoms with Crippen LogP contribution in [0.15, 0.2) is 18.2 Å². The number of fused-ring (bicyclic) bond motifs is 1. The lowest BCUT2D eigenvalue weighted by molar-refractivity contribution is -0.136. The molecular weight excluding hydrogens is 315 g/mol. The molecular formula is C14H16F2NO4P. The first-order valence-electron chi connectivity index (χ1n) is 7.11. The van der Waals surface area contributed by atoms with Gasteiger partial charge >= 0.3 is 7.60 Å². The first-order chi connectivity index (χ1) is 10.3. The Morgan fingerprint density at radius 3 is 2.23 bits per heavy atom. The molecule has 0 spiro atoms. The van der Waals surface area contributed by atoms with E-state index in [0.29, 0.717) is 24.8 Å². The smallest absolute Gasteiger partial charge is 0.332 e. The number of rotatable bonds is 2. The summed E-state index contributed by atoms with van der Waals surface area (Å²) in [5.74, 6) is -2.07. The maximum Gasteiger partial charge on any atom is 0.337 e. The number of benzene rings is 1. The van der Waals surface area contributed by atoms with Crippen LogP contribution in [0.2, 0.25) is 0 Å². The highest BCUT2D eigenvalue weighted by molar-refractivity contribution is 7.53. The Balaban J connectivity index is 1.94. The molecule has 2 saturated heterocycles. The summed E-state index contributed by atoms with van der Waals surface area (Å²) in [6.45, 7) is 0. The van der Waals surface area contributed by atoms with Crippen molar-refractivity contribution >= 4 is 13.5 Å². The highest BCUT2D eigenvalue weighted by Gasteiger charge is 2.49. The predicted molar refractivity (Wildman–Crippen MR) is 74.0 cm³/mol.